The number of nitrogens with two attached hydrogens (primary N) is 1. The van der Waals surface area contributed by atoms with Crippen molar-refractivity contribution < 1.29 is 4.74 Å². The van der Waals surface area contributed by atoms with E-state index in [0.717, 1.165) is 31.0 Å². The highest BCUT2D eigenvalue weighted by Crippen LogP contribution is 2.16. The Labute approximate surface area is 124 Å². The first-order chi connectivity index (χ1) is 9.16. The van der Waals surface area contributed by atoms with E-state index in [1.165, 1.54) is 11.5 Å². The summed E-state index contributed by atoms with van der Waals surface area (Å²) in [5, 5.41) is 0. The van der Waals surface area contributed by atoms with Gasteiger partial charge in [0.1, 0.15) is 17.3 Å². The lowest BCUT2D eigenvalue weighted by Gasteiger charge is -2.32. The van der Waals surface area contributed by atoms with Crippen molar-refractivity contribution >= 4 is 29.0 Å². The molecule has 1 atom stereocenters. The van der Waals surface area contributed by atoms with E-state index in [0.29, 0.717) is 11.0 Å². The van der Waals surface area contributed by atoms with Crippen LogP contribution in [0.3, 0.4) is 0 Å². The van der Waals surface area contributed by atoms with Crippen molar-refractivity contribution in [2.45, 2.75) is 13.0 Å². The molecular weight excluding hydrogens is 276 g/mol. The maximum absolute atomic E-state index is 5.76. The van der Waals surface area contributed by atoms with Gasteiger partial charge in [-0.3, -0.25) is 4.90 Å². The van der Waals surface area contributed by atoms with Gasteiger partial charge < -0.3 is 10.5 Å². The number of nitrogens with zero attached hydrogens (tertiary/aromatic N) is 1. The Kier molecular flexibility index (Phi) is 5.48. The summed E-state index contributed by atoms with van der Waals surface area (Å²) in [6.45, 7) is 5.15. The van der Waals surface area contributed by atoms with Gasteiger partial charge >= 0.3 is 0 Å². The third-order valence-electron chi connectivity index (χ3n) is 3.29. The molecule has 104 valence electrons. The van der Waals surface area contributed by atoms with Crippen molar-refractivity contribution in [3.05, 3.63) is 29.8 Å². The number of thiocarbonyl (C=S) groups is 1. The molecule has 3 nitrogen and oxygen atoms in total. The van der Waals surface area contributed by atoms with Gasteiger partial charge in [0, 0.05) is 36.2 Å². The summed E-state index contributed by atoms with van der Waals surface area (Å²) in [6.07, 6.45) is 0. The summed E-state index contributed by atoms with van der Waals surface area (Å²) in [4.78, 5) is 2.91. The highest BCUT2D eigenvalue weighted by Gasteiger charge is 2.17. The summed E-state index contributed by atoms with van der Waals surface area (Å²) in [5.41, 5.74) is 6.44. The van der Waals surface area contributed by atoms with Gasteiger partial charge in [-0.2, -0.15) is 11.8 Å². The molecule has 1 unspecified atom stereocenters. The Balaban J connectivity index is 1.77. The zero-order valence-electron chi connectivity index (χ0n) is 11.2. The summed E-state index contributed by atoms with van der Waals surface area (Å²) < 4.78 is 5.76. The molecule has 1 aliphatic rings. The van der Waals surface area contributed by atoms with Crippen LogP contribution >= 0.6 is 24.0 Å². The molecule has 0 spiro atoms. The minimum Gasteiger partial charge on any atom is -0.492 e. The van der Waals surface area contributed by atoms with E-state index in [1.807, 2.05) is 36.0 Å². The lowest BCUT2D eigenvalue weighted by molar-refractivity contribution is 0.183. The Morgan fingerprint density at radius 1 is 1.47 bits per heavy atom. The van der Waals surface area contributed by atoms with Crippen LogP contribution in [-0.2, 0) is 0 Å². The third kappa shape index (κ3) is 4.37. The normalized spacial score (nSPS) is 20.2. The van der Waals surface area contributed by atoms with E-state index in [4.69, 9.17) is 22.7 Å². The molecule has 2 N–H and O–H groups in total. The molecule has 2 rings (SSSR count). The van der Waals surface area contributed by atoms with Gasteiger partial charge in [0.15, 0.2) is 0 Å². The van der Waals surface area contributed by atoms with Crippen LogP contribution in [0.4, 0.5) is 0 Å². The molecule has 1 aromatic carbocycles. The lowest BCUT2D eigenvalue weighted by Crippen LogP contribution is -2.42. The van der Waals surface area contributed by atoms with Crippen LogP contribution in [-0.4, -0.2) is 47.1 Å². The molecule has 1 saturated heterocycles. The largest absolute Gasteiger partial charge is 0.492 e. The monoisotopic (exact) mass is 296 g/mol. The van der Waals surface area contributed by atoms with Gasteiger partial charge in [-0.25, -0.2) is 0 Å². The first-order valence-electron chi connectivity index (χ1n) is 6.51. The predicted octanol–water partition coefficient (Wildman–Crippen LogP) is 2.14. The number of benzene rings is 1. The van der Waals surface area contributed by atoms with Crippen LogP contribution in [0.5, 0.6) is 5.75 Å². The maximum Gasteiger partial charge on any atom is 0.119 e. The van der Waals surface area contributed by atoms with E-state index in [1.54, 1.807) is 0 Å². The average molecular weight is 296 g/mol. The third-order valence-corrected chi connectivity index (χ3v) is 4.72. The second-order valence-electron chi connectivity index (χ2n) is 4.70. The molecule has 0 amide bonds. The van der Waals surface area contributed by atoms with E-state index in [-0.39, 0.29) is 0 Å². The molecule has 19 heavy (non-hydrogen) atoms. The van der Waals surface area contributed by atoms with Gasteiger partial charge in [0.05, 0.1) is 0 Å². The number of thioether (sulfide) groups is 1. The molecular formula is C14H20N2OS2. The summed E-state index contributed by atoms with van der Waals surface area (Å²) in [7, 11) is 0. The van der Waals surface area contributed by atoms with Gasteiger partial charge in [0.25, 0.3) is 0 Å². The van der Waals surface area contributed by atoms with E-state index < -0.39 is 0 Å². The fourth-order valence-electron chi connectivity index (χ4n) is 2.09. The van der Waals surface area contributed by atoms with Crippen LogP contribution in [0.15, 0.2) is 24.3 Å². The molecule has 1 fully saturated rings. The molecule has 1 heterocycles. The van der Waals surface area contributed by atoms with E-state index in [9.17, 15) is 0 Å². The zero-order chi connectivity index (χ0) is 13.7. The van der Waals surface area contributed by atoms with Crippen molar-refractivity contribution in [2.75, 3.05) is 31.2 Å². The SMILES string of the molecule is CC1CSCCN1CCOc1ccc(C(N)=S)cc1. The highest BCUT2D eigenvalue weighted by atomic mass is 32.2. The van der Waals surface area contributed by atoms with Crippen LogP contribution in [0.2, 0.25) is 0 Å². The number of hydrogen-bond donors (Lipinski definition) is 1. The van der Waals surface area contributed by atoms with Crippen molar-refractivity contribution in [1.82, 2.24) is 4.90 Å². The minimum absolute atomic E-state index is 0.422. The number of ether oxygens (including phenoxy) is 1. The fourth-order valence-corrected chi connectivity index (χ4v) is 3.31. The predicted molar refractivity (Wildman–Crippen MR) is 86.2 cm³/mol. The molecule has 0 aliphatic carbocycles. The van der Waals surface area contributed by atoms with Gasteiger partial charge in [-0.1, -0.05) is 12.2 Å². The van der Waals surface area contributed by atoms with Crippen LogP contribution in [0, 0.1) is 0 Å². The Bertz CT molecular complexity index is 422. The number of hydrogen-bond acceptors (Lipinski definition) is 4. The second kappa shape index (κ2) is 7.12. The van der Waals surface area contributed by atoms with Crippen molar-refractivity contribution in [3.8, 4) is 5.75 Å². The highest BCUT2D eigenvalue weighted by molar-refractivity contribution is 7.99. The van der Waals surface area contributed by atoms with E-state index >= 15 is 0 Å². The summed E-state index contributed by atoms with van der Waals surface area (Å²) in [5.74, 6) is 3.33. The maximum atomic E-state index is 5.76. The molecule has 0 bridgehead atoms. The Morgan fingerprint density at radius 2 is 2.21 bits per heavy atom. The molecule has 0 saturated carbocycles. The smallest absolute Gasteiger partial charge is 0.119 e. The van der Waals surface area contributed by atoms with Gasteiger partial charge in [0.2, 0.25) is 0 Å². The van der Waals surface area contributed by atoms with Crippen LogP contribution in [0.1, 0.15) is 12.5 Å². The van der Waals surface area contributed by atoms with Crippen molar-refractivity contribution in [3.63, 3.8) is 0 Å². The van der Waals surface area contributed by atoms with E-state index in [2.05, 4.69) is 11.8 Å². The second-order valence-corrected chi connectivity index (χ2v) is 6.29. The lowest BCUT2D eigenvalue weighted by atomic mass is 10.2. The van der Waals surface area contributed by atoms with Gasteiger partial charge in [-0.05, 0) is 31.2 Å². The Hall–Kier alpha value is -0.780. The standard InChI is InChI=1S/C14H20N2OS2/c1-11-10-19-9-7-16(11)6-8-17-13-4-2-12(3-5-13)14(15)18/h2-5,11H,6-10H2,1H3,(H2,15,18). The molecule has 1 aromatic rings. The molecule has 0 radical (unpaired) electrons. The Morgan fingerprint density at radius 3 is 2.84 bits per heavy atom. The topological polar surface area (TPSA) is 38.5 Å². The molecule has 0 aromatic heterocycles. The first kappa shape index (κ1) is 14.6. The van der Waals surface area contributed by atoms with Crippen LogP contribution < -0.4 is 10.5 Å². The van der Waals surface area contributed by atoms with Crippen LogP contribution in [0.25, 0.3) is 0 Å². The first-order valence-corrected chi connectivity index (χ1v) is 8.07. The average Bonchev–Trinajstić information content (AvgIpc) is 2.41. The molecule has 1 aliphatic heterocycles. The molecule has 5 heteroatoms. The fraction of sp³-hybridized carbons (Fsp3) is 0.500. The number of rotatable bonds is 5. The van der Waals surface area contributed by atoms with Crippen molar-refractivity contribution in [2.24, 2.45) is 5.73 Å². The summed E-state index contributed by atoms with van der Waals surface area (Å²) in [6, 6.07) is 8.29. The van der Waals surface area contributed by atoms with Gasteiger partial charge in [-0.15, -0.1) is 0 Å². The summed E-state index contributed by atoms with van der Waals surface area (Å²) >= 11 is 6.95. The minimum atomic E-state index is 0.422. The zero-order valence-corrected chi connectivity index (χ0v) is 12.8. The quantitative estimate of drug-likeness (QED) is 0.843. The van der Waals surface area contributed by atoms with Crippen molar-refractivity contribution in [1.29, 1.82) is 0 Å².